The number of carbonyl (C=O) groups is 1. The Morgan fingerprint density at radius 3 is 2.82 bits per heavy atom. The van der Waals surface area contributed by atoms with Gasteiger partial charge < -0.3 is 15.2 Å². The van der Waals surface area contributed by atoms with Crippen molar-refractivity contribution in [2.24, 2.45) is 5.73 Å². The molecule has 17 heavy (non-hydrogen) atoms. The molecule has 0 saturated heterocycles. The highest BCUT2D eigenvalue weighted by atomic mass is 16.5. The Morgan fingerprint density at radius 2 is 2.24 bits per heavy atom. The van der Waals surface area contributed by atoms with E-state index in [2.05, 4.69) is 5.16 Å². The van der Waals surface area contributed by atoms with Gasteiger partial charge in [-0.2, -0.15) is 0 Å². The minimum Gasteiger partial charge on any atom is -0.361 e. The second-order valence-electron chi connectivity index (χ2n) is 4.28. The van der Waals surface area contributed by atoms with Crippen molar-refractivity contribution < 1.29 is 9.32 Å². The fourth-order valence-electron chi connectivity index (χ4n) is 1.61. The number of nitrogens with zero attached hydrogens (tertiary/aromatic N) is 2. The molecule has 0 atom stereocenters. The van der Waals surface area contributed by atoms with E-state index in [0.29, 0.717) is 19.5 Å². The van der Waals surface area contributed by atoms with E-state index in [1.807, 2.05) is 13.0 Å². The largest absolute Gasteiger partial charge is 0.361 e. The van der Waals surface area contributed by atoms with Gasteiger partial charge in [0, 0.05) is 19.5 Å². The highest BCUT2D eigenvalue weighted by Crippen LogP contribution is 2.07. The van der Waals surface area contributed by atoms with E-state index in [4.69, 9.17) is 10.3 Å². The summed E-state index contributed by atoms with van der Waals surface area (Å²) in [5, 5.41) is 3.86. The third kappa shape index (κ3) is 4.99. The van der Waals surface area contributed by atoms with E-state index in [-0.39, 0.29) is 5.91 Å². The van der Waals surface area contributed by atoms with E-state index in [1.165, 1.54) is 0 Å². The van der Waals surface area contributed by atoms with Gasteiger partial charge in [-0.05, 0) is 26.3 Å². The summed E-state index contributed by atoms with van der Waals surface area (Å²) >= 11 is 0. The van der Waals surface area contributed by atoms with Gasteiger partial charge >= 0.3 is 0 Å². The number of rotatable bonds is 7. The summed E-state index contributed by atoms with van der Waals surface area (Å²) in [4.78, 5) is 13.4. The molecule has 0 aromatic carbocycles. The molecule has 1 heterocycles. The van der Waals surface area contributed by atoms with E-state index in [0.717, 1.165) is 30.7 Å². The third-order valence-electron chi connectivity index (χ3n) is 2.60. The zero-order valence-corrected chi connectivity index (χ0v) is 10.6. The molecule has 5 heteroatoms. The topological polar surface area (TPSA) is 72.4 Å². The Labute approximate surface area is 102 Å². The van der Waals surface area contributed by atoms with Gasteiger partial charge in [-0.3, -0.25) is 4.79 Å². The van der Waals surface area contributed by atoms with Crippen molar-refractivity contribution in [3.63, 3.8) is 0 Å². The van der Waals surface area contributed by atoms with Crippen molar-refractivity contribution in [3.8, 4) is 0 Å². The lowest BCUT2D eigenvalue weighted by molar-refractivity contribution is -0.130. The summed E-state index contributed by atoms with van der Waals surface area (Å²) in [6.45, 7) is 3.04. The molecule has 0 aliphatic rings. The van der Waals surface area contributed by atoms with E-state index in [9.17, 15) is 4.79 Å². The van der Waals surface area contributed by atoms with Gasteiger partial charge in [0.05, 0.1) is 6.54 Å². The second-order valence-corrected chi connectivity index (χ2v) is 4.28. The van der Waals surface area contributed by atoms with E-state index >= 15 is 0 Å². The summed E-state index contributed by atoms with van der Waals surface area (Å²) in [6.07, 6.45) is 3.48. The molecule has 1 aromatic heterocycles. The van der Waals surface area contributed by atoms with Crippen molar-refractivity contribution in [2.75, 3.05) is 13.6 Å². The minimum absolute atomic E-state index is 0.141. The molecule has 5 nitrogen and oxygen atoms in total. The van der Waals surface area contributed by atoms with Gasteiger partial charge in [0.15, 0.2) is 0 Å². The molecule has 0 fully saturated rings. The smallest absolute Gasteiger partial charge is 0.222 e. The maximum Gasteiger partial charge on any atom is 0.222 e. The number of amides is 1. The average molecular weight is 239 g/mol. The van der Waals surface area contributed by atoms with Gasteiger partial charge in [0.25, 0.3) is 0 Å². The van der Waals surface area contributed by atoms with Crippen LogP contribution in [0, 0.1) is 6.92 Å². The molecule has 0 saturated carbocycles. The maximum absolute atomic E-state index is 11.8. The monoisotopic (exact) mass is 239 g/mol. The summed E-state index contributed by atoms with van der Waals surface area (Å²) in [5.74, 6) is 0.909. The molecule has 0 unspecified atom stereocenters. The maximum atomic E-state index is 11.8. The van der Waals surface area contributed by atoms with Crippen LogP contribution in [0.4, 0.5) is 0 Å². The zero-order chi connectivity index (χ0) is 12.7. The standard InChI is InChI=1S/C12H21N3O2/c1-10-8-11(14-17-10)9-15(2)12(16)6-4-3-5-7-13/h8H,3-7,9,13H2,1-2H3. The first-order chi connectivity index (χ1) is 8.13. The SMILES string of the molecule is Cc1cc(CN(C)C(=O)CCCCCN)no1. The van der Waals surface area contributed by atoms with Gasteiger partial charge in [0.1, 0.15) is 11.5 Å². The normalized spacial score (nSPS) is 10.5. The molecular formula is C12H21N3O2. The summed E-state index contributed by atoms with van der Waals surface area (Å²) in [7, 11) is 1.79. The first-order valence-electron chi connectivity index (χ1n) is 5.99. The van der Waals surface area contributed by atoms with Crippen LogP contribution in [-0.2, 0) is 11.3 Å². The lowest BCUT2D eigenvalue weighted by Gasteiger charge is -2.15. The lowest BCUT2D eigenvalue weighted by Crippen LogP contribution is -2.26. The molecule has 0 bridgehead atoms. The zero-order valence-electron chi connectivity index (χ0n) is 10.6. The van der Waals surface area contributed by atoms with E-state index in [1.54, 1.807) is 11.9 Å². The Bertz CT molecular complexity index is 349. The number of unbranched alkanes of at least 4 members (excludes halogenated alkanes) is 2. The quantitative estimate of drug-likeness (QED) is 0.731. The van der Waals surface area contributed by atoms with Crippen LogP contribution in [-0.4, -0.2) is 29.6 Å². The van der Waals surface area contributed by atoms with Crippen LogP contribution >= 0.6 is 0 Å². The predicted octanol–water partition coefficient (Wildman–Crippen LogP) is 1.46. The minimum atomic E-state index is 0.141. The van der Waals surface area contributed by atoms with Crippen LogP contribution < -0.4 is 5.73 Å². The molecule has 2 N–H and O–H groups in total. The first kappa shape index (κ1) is 13.7. The Balaban J connectivity index is 2.27. The van der Waals surface area contributed by atoms with Crippen molar-refractivity contribution in [3.05, 3.63) is 17.5 Å². The van der Waals surface area contributed by atoms with Crippen LogP contribution in [0.3, 0.4) is 0 Å². The van der Waals surface area contributed by atoms with Crippen LogP contribution in [0.5, 0.6) is 0 Å². The fourth-order valence-corrected chi connectivity index (χ4v) is 1.61. The van der Waals surface area contributed by atoms with Crippen molar-refractivity contribution in [2.45, 2.75) is 39.2 Å². The molecule has 1 aromatic rings. The summed E-state index contributed by atoms with van der Waals surface area (Å²) in [6, 6.07) is 1.85. The molecule has 0 aliphatic heterocycles. The number of aryl methyl sites for hydroxylation is 1. The van der Waals surface area contributed by atoms with Crippen molar-refractivity contribution >= 4 is 5.91 Å². The van der Waals surface area contributed by atoms with Crippen LogP contribution in [0.1, 0.15) is 37.1 Å². The number of nitrogens with two attached hydrogens (primary N) is 1. The summed E-state index contributed by atoms with van der Waals surface area (Å²) in [5.41, 5.74) is 6.19. The molecule has 0 spiro atoms. The van der Waals surface area contributed by atoms with Crippen molar-refractivity contribution in [1.82, 2.24) is 10.1 Å². The van der Waals surface area contributed by atoms with Gasteiger partial charge in [-0.25, -0.2) is 0 Å². The molecule has 96 valence electrons. The van der Waals surface area contributed by atoms with Crippen LogP contribution in [0.15, 0.2) is 10.6 Å². The van der Waals surface area contributed by atoms with Crippen LogP contribution in [0.2, 0.25) is 0 Å². The highest BCUT2D eigenvalue weighted by molar-refractivity contribution is 5.75. The predicted molar refractivity (Wildman–Crippen MR) is 65.2 cm³/mol. The molecule has 1 amide bonds. The number of aromatic nitrogens is 1. The second kappa shape index (κ2) is 7.06. The lowest BCUT2D eigenvalue weighted by atomic mass is 10.2. The first-order valence-corrected chi connectivity index (χ1v) is 5.99. The number of hydrogen-bond donors (Lipinski definition) is 1. The molecular weight excluding hydrogens is 218 g/mol. The Hall–Kier alpha value is -1.36. The average Bonchev–Trinajstić information content (AvgIpc) is 2.70. The number of carbonyl (C=O) groups excluding carboxylic acids is 1. The highest BCUT2D eigenvalue weighted by Gasteiger charge is 2.10. The summed E-state index contributed by atoms with van der Waals surface area (Å²) < 4.78 is 4.96. The van der Waals surface area contributed by atoms with Gasteiger partial charge in [-0.15, -0.1) is 0 Å². The van der Waals surface area contributed by atoms with Crippen molar-refractivity contribution in [1.29, 1.82) is 0 Å². The van der Waals surface area contributed by atoms with Gasteiger partial charge in [-0.1, -0.05) is 11.6 Å². The fraction of sp³-hybridized carbons (Fsp3) is 0.667. The molecule has 1 rings (SSSR count). The van der Waals surface area contributed by atoms with E-state index < -0.39 is 0 Å². The Kier molecular flexibility index (Phi) is 5.69. The van der Waals surface area contributed by atoms with Gasteiger partial charge in [0.2, 0.25) is 5.91 Å². The number of hydrogen-bond acceptors (Lipinski definition) is 4. The molecule has 0 radical (unpaired) electrons. The molecule has 0 aliphatic carbocycles. The third-order valence-corrected chi connectivity index (χ3v) is 2.60. The Morgan fingerprint density at radius 1 is 1.47 bits per heavy atom. The van der Waals surface area contributed by atoms with Crippen LogP contribution in [0.25, 0.3) is 0 Å².